The largest absolute Gasteiger partial charge is 0.310 e. The number of nitrogens with zero attached hydrogens (tertiary/aromatic N) is 2. The van der Waals surface area contributed by atoms with Gasteiger partial charge in [0, 0.05) is 59.1 Å². The summed E-state index contributed by atoms with van der Waals surface area (Å²) >= 11 is 1.87. The average molecular weight is 709 g/mol. The first kappa shape index (κ1) is 31.1. The maximum atomic E-state index is 2.41. The van der Waals surface area contributed by atoms with Gasteiger partial charge in [-0.15, -0.1) is 11.3 Å². The van der Waals surface area contributed by atoms with Crippen molar-refractivity contribution < 1.29 is 0 Å². The molecular weight excluding hydrogens is 673 g/mol. The summed E-state index contributed by atoms with van der Waals surface area (Å²) in [5.41, 5.74) is 14.9. The minimum absolute atomic E-state index is 0.0643. The number of para-hydroxylation sites is 3. The average Bonchev–Trinajstić information content (AvgIpc) is 3.83. The highest BCUT2D eigenvalue weighted by molar-refractivity contribution is 7.25. The summed E-state index contributed by atoms with van der Waals surface area (Å²) in [5.74, 6) is 0. The van der Waals surface area contributed by atoms with Crippen molar-refractivity contribution in [3.8, 4) is 27.9 Å². The first-order valence-electron chi connectivity index (χ1n) is 18.7. The van der Waals surface area contributed by atoms with Crippen molar-refractivity contribution in [3.63, 3.8) is 0 Å². The second kappa shape index (κ2) is 11.8. The number of thiophene rings is 1. The van der Waals surface area contributed by atoms with E-state index in [4.69, 9.17) is 0 Å². The zero-order valence-electron chi connectivity index (χ0n) is 30.1. The van der Waals surface area contributed by atoms with Crippen LogP contribution in [0.2, 0.25) is 0 Å². The Labute approximate surface area is 318 Å². The van der Waals surface area contributed by atoms with Crippen molar-refractivity contribution in [1.29, 1.82) is 0 Å². The predicted octanol–water partition coefficient (Wildman–Crippen LogP) is 14.6. The van der Waals surface area contributed by atoms with Gasteiger partial charge in [0.1, 0.15) is 0 Å². The van der Waals surface area contributed by atoms with Crippen molar-refractivity contribution >= 4 is 70.4 Å². The van der Waals surface area contributed by atoms with Gasteiger partial charge in [-0.1, -0.05) is 123 Å². The van der Waals surface area contributed by atoms with Crippen LogP contribution in [0.1, 0.15) is 25.0 Å². The Morgan fingerprint density at radius 1 is 0.426 bits per heavy atom. The van der Waals surface area contributed by atoms with Crippen molar-refractivity contribution in [2.45, 2.75) is 19.3 Å². The number of benzene rings is 8. The van der Waals surface area contributed by atoms with Crippen LogP contribution in [0.25, 0.3) is 69.9 Å². The quantitative estimate of drug-likeness (QED) is 0.173. The molecule has 2 nitrogen and oxygen atoms in total. The van der Waals surface area contributed by atoms with Gasteiger partial charge < -0.3 is 9.47 Å². The second-order valence-corrected chi connectivity index (χ2v) is 16.1. The molecule has 2 aromatic heterocycles. The van der Waals surface area contributed by atoms with Gasteiger partial charge in [0.2, 0.25) is 0 Å². The van der Waals surface area contributed by atoms with E-state index in [9.17, 15) is 0 Å². The van der Waals surface area contributed by atoms with Gasteiger partial charge >= 0.3 is 0 Å². The van der Waals surface area contributed by atoms with Gasteiger partial charge in [-0.3, -0.25) is 0 Å². The van der Waals surface area contributed by atoms with Gasteiger partial charge in [-0.2, -0.15) is 0 Å². The second-order valence-electron chi connectivity index (χ2n) is 15.0. The van der Waals surface area contributed by atoms with E-state index in [0.717, 1.165) is 11.4 Å². The molecule has 1 aliphatic rings. The molecule has 0 radical (unpaired) electrons. The fourth-order valence-corrected chi connectivity index (χ4v) is 10.1. The summed E-state index contributed by atoms with van der Waals surface area (Å²) in [4.78, 5) is 2.38. The summed E-state index contributed by atoms with van der Waals surface area (Å²) in [7, 11) is 0. The molecule has 11 rings (SSSR count). The highest BCUT2D eigenvalue weighted by Crippen LogP contribution is 2.50. The van der Waals surface area contributed by atoms with Gasteiger partial charge in [0.25, 0.3) is 0 Å². The summed E-state index contributed by atoms with van der Waals surface area (Å²) in [5, 5.41) is 5.18. The van der Waals surface area contributed by atoms with Crippen LogP contribution < -0.4 is 4.90 Å². The minimum Gasteiger partial charge on any atom is -0.310 e. The Balaban J connectivity index is 0.965. The van der Waals surface area contributed by atoms with E-state index in [1.807, 2.05) is 11.3 Å². The highest BCUT2D eigenvalue weighted by atomic mass is 32.1. The van der Waals surface area contributed by atoms with Gasteiger partial charge in [-0.25, -0.2) is 0 Å². The van der Waals surface area contributed by atoms with Crippen LogP contribution in [0.15, 0.2) is 182 Å². The van der Waals surface area contributed by atoms with E-state index >= 15 is 0 Å². The molecule has 256 valence electrons. The van der Waals surface area contributed by atoms with Crippen LogP contribution in [0.4, 0.5) is 17.1 Å². The molecular formula is C51H36N2S. The summed E-state index contributed by atoms with van der Waals surface area (Å²) in [6.07, 6.45) is 0. The molecule has 0 N–H and O–H groups in total. The molecule has 0 fully saturated rings. The van der Waals surface area contributed by atoms with Crippen LogP contribution >= 0.6 is 11.3 Å². The van der Waals surface area contributed by atoms with E-state index in [-0.39, 0.29) is 5.41 Å². The number of anilines is 3. The number of hydrogen-bond donors (Lipinski definition) is 0. The van der Waals surface area contributed by atoms with Crippen LogP contribution in [0.5, 0.6) is 0 Å². The molecule has 0 amide bonds. The third-order valence-electron chi connectivity index (χ3n) is 11.6. The first-order chi connectivity index (χ1) is 26.5. The lowest BCUT2D eigenvalue weighted by molar-refractivity contribution is 0.660. The fraction of sp³-hybridized carbons (Fsp3) is 0.0588. The zero-order valence-corrected chi connectivity index (χ0v) is 30.9. The number of hydrogen-bond acceptors (Lipinski definition) is 2. The molecule has 0 saturated carbocycles. The van der Waals surface area contributed by atoms with Gasteiger partial charge in [-0.05, 0) is 106 Å². The Kier molecular flexibility index (Phi) is 6.80. The van der Waals surface area contributed by atoms with E-state index in [1.165, 1.54) is 86.7 Å². The molecule has 0 spiro atoms. The summed E-state index contributed by atoms with van der Waals surface area (Å²) < 4.78 is 5.01. The third kappa shape index (κ3) is 4.65. The highest BCUT2D eigenvalue weighted by Gasteiger charge is 2.35. The summed E-state index contributed by atoms with van der Waals surface area (Å²) in [6, 6.07) is 67.0. The van der Waals surface area contributed by atoms with Crippen molar-refractivity contribution in [3.05, 3.63) is 193 Å². The van der Waals surface area contributed by atoms with Gasteiger partial charge in [0.05, 0.1) is 11.0 Å². The predicted molar refractivity (Wildman–Crippen MR) is 231 cm³/mol. The Bertz CT molecular complexity index is 3020. The summed E-state index contributed by atoms with van der Waals surface area (Å²) in [6.45, 7) is 4.70. The molecule has 10 aromatic rings. The molecule has 1 aliphatic carbocycles. The van der Waals surface area contributed by atoms with Crippen LogP contribution in [0, 0.1) is 0 Å². The lowest BCUT2D eigenvalue weighted by atomic mass is 9.82. The van der Waals surface area contributed by atoms with Crippen LogP contribution in [0.3, 0.4) is 0 Å². The maximum absolute atomic E-state index is 2.41. The van der Waals surface area contributed by atoms with Gasteiger partial charge in [0.15, 0.2) is 0 Å². The lowest BCUT2D eigenvalue weighted by Gasteiger charge is -2.28. The topological polar surface area (TPSA) is 8.17 Å². The van der Waals surface area contributed by atoms with E-state index in [0.29, 0.717) is 0 Å². The van der Waals surface area contributed by atoms with E-state index in [2.05, 4.69) is 205 Å². The molecule has 54 heavy (non-hydrogen) atoms. The van der Waals surface area contributed by atoms with Crippen molar-refractivity contribution in [2.75, 3.05) is 4.90 Å². The first-order valence-corrected chi connectivity index (χ1v) is 19.5. The number of rotatable bonds is 5. The zero-order chi connectivity index (χ0) is 36.0. The Hall–Kier alpha value is -6.42. The Morgan fingerprint density at radius 2 is 1.06 bits per heavy atom. The normalized spacial score (nSPS) is 13.1. The third-order valence-corrected chi connectivity index (χ3v) is 12.7. The van der Waals surface area contributed by atoms with Crippen molar-refractivity contribution in [1.82, 2.24) is 4.57 Å². The SMILES string of the molecule is CC1(C)c2ccccc2-c2ccc(N(c3ccccc3)c3ccc(-c4ccc5sc6cc(-n7c8ccccc8c8ccccc87)ccc6c5c4)cc3)cc21. The molecule has 0 bridgehead atoms. The molecule has 2 heterocycles. The molecule has 0 aliphatic heterocycles. The fourth-order valence-electron chi connectivity index (χ4n) is 8.94. The van der Waals surface area contributed by atoms with Crippen LogP contribution in [-0.4, -0.2) is 4.57 Å². The molecule has 8 aromatic carbocycles. The number of aromatic nitrogens is 1. The minimum atomic E-state index is -0.0643. The molecule has 0 atom stereocenters. The van der Waals surface area contributed by atoms with E-state index in [1.54, 1.807) is 0 Å². The smallest absolute Gasteiger partial charge is 0.0541 e. The molecule has 0 unspecified atom stereocenters. The molecule has 3 heteroatoms. The maximum Gasteiger partial charge on any atom is 0.0541 e. The Morgan fingerprint density at radius 3 is 1.83 bits per heavy atom. The monoisotopic (exact) mass is 708 g/mol. The lowest BCUT2D eigenvalue weighted by Crippen LogP contribution is -2.16. The standard InChI is InChI=1S/C51H36N2S/c1-51(2)45-17-9-6-14-39(45)40-27-25-37(31-46(40)51)52(35-12-4-3-5-13-35)36-23-20-33(21-24-36)34-22-29-49-44(30-34)43-28-26-38(32-50(43)54-49)53-47-18-10-7-15-41(47)42-16-8-11-19-48(42)53/h3-32H,1-2H3. The molecule has 0 saturated heterocycles. The van der Waals surface area contributed by atoms with Crippen molar-refractivity contribution in [2.24, 2.45) is 0 Å². The van der Waals surface area contributed by atoms with Crippen LogP contribution in [-0.2, 0) is 5.41 Å². The van der Waals surface area contributed by atoms with E-state index < -0.39 is 0 Å². The number of fused-ring (bicyclic) bond motifs is 9.